The summed E-state index contributed by atoms with van der Waals surface area (Å²) in [6.07, 6.45) is 4.09. The highest BCUT2D eigenvalue weighted by Crippen LogP contribution is 2.23. The van der Waals surface area contributed by atoms with E-state index in [4.69, 9.17) is 0 Å². The number of aromatic nitrogens is 4. The highest BCUT2D eigenvalue weighted by atomic mass is 15.3. The van der Waals surface area contributed by atoms with Gasteiger partial charge in [-0.05, 0) is 25.3 Å². The van der Waals surface area contributed by atoms with Crippen molar-refractivity contribution < 1.29 is 0 Å². The standard InChI is InChI=1S/C19H24N6/c1-14-21-18(17-12-20-24(2)19(17)22-14)23-16-8-10-25(11-9-16)13-15-6-4-3-5-7-15/h3-7,12,16H,8-11,13H2,1-2H3,(H,21,22,23). The SMILES string of the molecule is Cc1nc(NC2CCN(Cc3ccccc3)CC2)c2cnn(C)c2n1. The van der Waals surface area contributed by atoms with Crippen molar-refractivity contribution in [3.8, 4) is 0 Å². The number of likely N-dealkylation sites (tertiary alicyclic amines) is 1. The Morgan fingerprint density at radius 1 is 1.12 bits per heavy atom. The molecule has 3 heterocycles. The topological polar surface area (TPSA) is 58.9 Å². The van der Waals surface area contributed by atoms with E-state index < -0.39 is 0 Å². The number of hydrogen-bond acceptors (Lipinski definition) is 5. The molecule has 130 valence electrons. The molecule has 0 radical (unpaired) electrons. The van der Waals surface area contributed by atoms with Crippen molar-refractivity contribution in [3.63, 3.8) is 0 Å². The van der Waals surface area contributed by atoms with Crippen LogP contribution in [0.2, 0.25) is 0 Å². The van der Waals surface area contributed by atoms with Crippen molar-refractivity contribution in [1.82, 2.24) is 24.6 Å². The fourth-order valence-corrected chi connectivity index (χ4v) is 3.51. The van der Waals surface area contributed by atoms with E-state index in [0.29, 0.717) is 6.04 Å². The maximum Gasteiger partial charge on any atom is 0.163 e. The van der Waals surface area contributed by atoms with Gasteiger partial charge in [-0.25, -0.2) is 9.97 Å². The van der Waals surface area contributed by atoms with Gasteiger partial charge in [0.15, 0.2) is 5.65 Å². The second-order valence-corrected chi connectivity index (χ2v) is 6.81. The Morgan fingerprint density at radius 2 is 1.88 bits per heavy atom. The summed E-state index contributed by atoms with van der Waals surface area (Å²) in [6.45, 7) is 5.17. The van der Waals surface area contributed by atoms with Gasteiger partial charge in [0, 0.05) is 32.7 Å². The monoisotopic (exact) mass is 336 g/mol. The predicted molar refractivity (Wildman–Crippen MR) is 99.4 cm³/mol. The first-order chi connectivity index (χ1) is 12.2. The molecule has 1 N–H and O–H groups in total. The molecular formula is C19H24N6. The van der Waals surface area contributed by atoms with E-state index in [0.717, 1.165) is 55.2 Å². The Balaban J connectivity index is 1.41. The Bertz CT molecular complexity index is 849. The Labute approximate surface area is 147 Å². The molecule has 4 rings (SSSR count). The lowest BCUT2D eigenvalue weighted by Gasteiger charge is -2.32. The largest absolute Gasteiger partial charge is 0.367 e. The van der Waals surface area contributed by atoms with Gasteiger partial charge in [-0.3, -0.25) is 9.58 Å². The van der Waals surface area contributed by atoms with Gasteiger partial charge in [0.25, 0.3) is 0 Å². The third kappa shape index (κ3) is 3.49. The van der Waals surface area contributed by atoms with E-state index in [1.54, 1.807) is 4.68 Å². The molecule has 0 amide bonds. The quantitative estimate of drug-likeness (QED) is 0.794. The fourth-order valence-electron chi connectivity index (χ4n) is 3.51. The molecule has 1 aliphatic rings. The number of aryl methyl sites for hydroxylation is 2. The molecule has 1 saturated heterocycles. The molecule has 1 aromatic carbocycles. The fraction of sp³-hybridized carbons (Fsp3) is 0.421. The molecule has 0 aliphatic carbocycles. The van der Waals surface area contributed by atoms with Crippen molar-refractivity contribution in [2.75, 3.05) is 18.4 Å². The molecule has 0 unspecified atom stereocenters. The number of piperidine rings is 1. The summed E-state index contributed by atoms with van der Waals surface area (Å²) in [7, 11) is 1.92. The van der Waals surface area contributed by atoms with Crippen LogP contribution in [0.25, 0.3) is 11.0 Å². The molecular weight excluding hydrogens is 312 g/mol. The molecule has 25 heavy (non-hydrogen) atoms. The molecule has 2 aromatic heterocycles. The first-order valence-electron chi connectivity index (χ1n) is 8.88. The lowest BCUT2D eigenvalue weighted by Crippen LogP contribution is -2.38. The van der Waals surface area contributed by atoms with Crippen LogP contribution in [0, 0.1) is 6.92 Å². The number of nitrogens with zero attached hydrogens (tertiary/aromatic N) is 5. The summed E-state index contributed by atoms with van der Waals surface area (Å²) in [6, 6.07) is 11.1. The first-order valence-corrected chi connectivity index (χ1v) is 8.88. The number of benzene rings is 1. The van der Waals surface area contributed by atoms with Crippen molar-refractivity contribution in [2.45, 2.75) is 32.4 Å². The van der Waals surface area contributed by atoms with Crippen molar-refractivity contribution in [1.29, 1.82) is 0 Å². The highest BCUT2D eigenvalue weighted by molar-refractivity contribution is 5.86. The van der Waals surface area contributed by atoms with Crippen LogP contribution in [0.4, 0.5) is 5.82 Å². The first kappa shape index (κ1) is 16.0. The van der Waals surface area contributed by atoms with Crippen molar-refractivity contribution in [2.24, 2.45) is 7.05 Å². The van der Waals surface area contributed by atoms with Gasteiger partial charge in [-0.1, -0.05) is 30.3 Å². The van der Waals surface area contributed by atoms with E-state index in [1.807, 2.05) is 20.2 Å². The van der Waals surface area contributed by atoms with Crippen LogP contribution in [0.1, 0.15) is 24.2 Å². The van der Waals surface area contributed by atoms with E-state index in [1.165, 1.54) is 5.56 Å². The average molecular weight is 336 g/mol. The lowest BCUT2D eigenvalue weighted by atomic mass is 10.0. The average Bonchev–Trinajstić information content (AvgIpc) is 2.99. The molecule has 0 atom stereocenters. The van der Waals surface area contributed by atoms with Crippen LogP contribution in [0.15, 0.2) is 36.5 Å². The summed E-state index contributed by atoms with van der Waals surface area (Å²) < 4.78 is 1.80. The zero-order chi connectivity index (χ0) is 17.2. The molecule has 3 aromatic rings. The van der Waals surface area contributed by atoms with Crippen LogP contribution >= 0.6 is 0 Å². The van der Waals surface area contributed by atoms with Crippen LogP contribution in [-0.4, -0.2) is 43.8 Å². The number of fused-ring (bicyclic) bond motifs is 1. The van der Waals surface area contributed by atoms with Gasteiger partial charge >= 0.3 is 0 Å². The van der Waals surface area contributed by atoms with Gasteiger partial charge in [0.05, 0.1) is 11.6 Å². The predicted octanol–water partition coefficient (Wildman–Crippen LogP) is 2.75. The molecule has 0 spiro atoms. The number of anilines is 1. The highest BCUT2D eigenvalue weighted by Gasteiger charge is 2.21. The minimum absolute atomic E-state index is 0.449. The summed E-state index contributed by atoms with van der Waals surface area (Å²) in [5.74, 6) is 1.69. The summed E-state index contributed by atoms with van der Waals surface area (Å²) in [5.41, 5.74) is 2.27. The number of nitrogens with one attached hydrogen (secondary N) is 1. The Kier molecular flexibility index (Phi) is 4.36. The van der Waals surface area contributed by atoms with Gasteiger partial charge in [0.2, 0.25) is 0 Å². The lowest BCUT2D eigenvalue weighted by molar-refractivity contribution is 0.211. The molecule has 1 fully saturated rings. The third-order valence-corrected chi connectivity index (χ3v) is 4.88. The number of hydrogen-bond donors (Lipinski definition) is 1. The Morgan fingerprint density at radius 3 is 2.64 bits per heavy atom. The van der Waals surface area contributed by atoms with Gasteiger partial charge in [-0.15, -0.1) is 0 Å². The summed E-state index contributed by atoms with van der Waals surface area (Å²) in [4.78, 5) is 11.6. The van der Waals surface area contributed by atoms with Crippen LogP contribution in [-0.2, 0) is 13.6 Å². The van der Waals surface area contributed by atoms with Gasteiger partial charge in [-0.2, -0.15) is 5.10 Å². The summed E-state index contributed by atoms with van der Waals surface area (Å²) >= 11 is 0. The minimum atomic E-state index is 0.449. The normalized spacial score (nSPS) is 16.4. The second kappa shape index (κ2) is 6.80. The van der Waals surface area contributed by atoms with Crippen LogP contribution in [0.3, 0.4) is 0 Å². The zero-order valence-corrected chi connectivity index (χ0v) is 14.8. The summed E-state index contributed by atoms with van der Waals surface area (Å²) in [5, 5.41) is 8.95. The second-order valence-electron chi connectivity index (χ2n) is 6.81. The molecule has 0 saturated carbocycles. The maximum atomic E-state index is 4.61. The Hall–Kier alpha value is -2.47. The molecule has 0 bridgehead atoms. The number of rotatable bonds is 4. The van der Waals surface area contributed by atoms with Crippen LogP contribution < -0.4 is 5.32 Å². The smallest absolute Gasteiger partial charge is 0.163 e. The molecule has 6 nitrogen and oxygen atoms in total. The van der Waals surface area contributed by atoms with Gasteiger partial charge < -0.3 is 5.32 Å². The third-order valence-electron chi connectivity index (χ3n) is 4.88. The minimum Gasteiger partial charge on any atom is -0.367 e. The van der Waals surface area contributed by atoms with Crippen LogP contribution in [0.5, 0.6) is 0 Å². The van der Waals surface area contributed by atoms with Gasteiger partial charge in [0.1, 0.15) is 11.6 Å². The zero-order valence-electron chi connectivity index (χ0n) is 14.8. The van der Waals surface area contributed by atoms with E-state index in [9.17, 15) is 0 Å². The van der Waals surface area contributed by atoms with E-state index in [2.05, 4.69) is 55.6 Å². The van der Waals surface area contributed by atoms with Crippen molar-refractivity contribution >= 4 is 16.9 Å². The van der Waals surface area contributed by atoms with E-state index >= 15 is 0 Å². The van der Waals surface area contributed by atoms with E-state index in [-0.39, 0.29) is 0 Å². The maximum absolute atomic E-state index is 4.61. The van der Waals surface area contributed by atoms with Crippen molar-refractivity contribution in [3.05, 3.63) is 47.9 Å². The molecule has 1 aliphatic heterocycles. The molecule has 6 heteroatoms.